The molecule has 0 fully saturated rings. The van der Waals surface area contributed by atoms with Gasteiger partial charge >= 0.3 is 0 Å². The molecule has 0 radical (unpaired) electrons. The number of para-hydroxylation sites is 1. The molecule has 0 amide bonds. The Morgan fingerprint density at radius 1 is 1.33 bits per heavy atom. The van der Waals surface area contributed by atoms with Crippen molar-refractivity contribution in [1.29, 1.82) is 0 Å². The van der Waals surface area contributed by atoms with Gasteiger partial charge in [0.2, 0.25) is 0 Å². The minimum Gasteiger partial charge on any atom is -0.361 e. The second kappa shape index (κ2) is 4.49. The molecule has 1 unspecified atom stereocenters. The molecule has 0 spiro atoms. The van der Waals surface area contributed by atoms with Gasteiger partial charge in [-0.05, 0) is 31.5 Å². The standard InChI is InChI=1S/C13H18N2/c1-3-11(14-2)8-10-9-15-13-7-5-4-6-12(10)13/h4-7,9,11,14-15H,3,8H2,1-2H3. The Kier molecular flexibility index (Phi) is 3.07. The van der Waals surface area contributed by atoms with Gasteiger partial charge in [-0.15, -0.1) is 0 Å². The van der Waals surface area contributed by atoms with E-state index >= 15 is 0 Å². The highest BCUT2D eigenvalue weighted by molar-refractivity contribution is 5.83. The van der Waals surface area contributed by atoms with Crippen LogP contribution in [0.3, 0.4) is 0 Å². The molecule has 2 aromatic rings. The highest BCUT2D eigenvalue weighted by Crippen LogP contribution is 2.19. The minimum atomic E-state index is 0.573. The van der Waals surface area contributed by atoms with Crippen LogP contribution in [0.2, 0.25) is 0 Å². The number of likely N-dealkylation sites (N-methyl/N-ethyl adjacent to an activating group) is 1. The zero-order chi connectivity index (χ0) is 10.7. The summed E-state index contributed by atoms with van der Waals surface area (Å²) < 4.78 is 0. The summed E-state index contributed by atoms with van der Waals surface area (Å²) in [6, 6.07) is 9.05. The van der Waals surface area contributed by atoms with Crippen LogP contribution in [-0.4, -0.2) is 18.1 Å². The summed E-state index contributed by atoms with van der Waals surface area (Å²) in [4.78, 5) is 3.31. The van der Waals surface area contributed by atoms with E-state index in [9.17, 15) is 0 Å². The molecule has 1 aromatic heterocycles. The van der Waals surface area contributed by atoms with Gasteiger partial charge in [0.15, 0.2) is 0 Å². The molecule has 0 saturated heterocycles. The third-order valence-electron chi connectivity index (χ3n) is 3.04. The first-order valence-corrected chi connectivity index (χ1v) is 5.57. The van der Waals surface area contributed by atoms with Crippen molar-refractivity contribution in [3.05, 3.63) is 36.0 Å². The first kappa shape index (κ1) is 10.2. The Balaban J connectivity index is 2.28. The number of rotatable bonds is 4. The maximum atomic E-state index is 3.34. The number of hydrogen-bond donors (Lipinski definition) is 2. The van der Waals surface area contributed by atoms with Crippen molar-refractivity contribution >= 4 is 10.9 Å². The third-order valence-corrected chi connectivity index (χ3v) is 3.04. The second-order valence-electron chi connectivity index (χ2n) is 3.96. The van der Waals surface area contributed by atoms with E-state index in [4.69, 9.17) is 0 Å². The van der Waals surface area contributed by atoms with Gasteiger partial charge in [-0.1, -0.05) is 25.1 Å². The zero-order valence-electron chi connectivity index (χ0n) is 9.38. The maximum absolute atomic E-state index is 3.34. The first-order valence-electron chi connectivity index (χ1n) is 5.57. The lowest BCUT2D eigenvalue weighted by Crippen LogP contribution is -2.26. The largest absolute Gasteiger partial charge is 0.361 e. The number of benzene rings is 1. The molecule has 2 heteroatoms. The summed E-state index contributed by atoms with van der Waals surface area (Å²) in [6.07, 6.45) is 4.39. The van der Waals surface area contributed by atoms with Crippen LogP contribution in [0.15, 0.2) is 30.5 Å². The van der Waals surface area contributed by atoms with E-state index in [1.807, 2.05) is 7.05 Å². The van der Waals surface area contributed by atoms with Crippen molar-refractivity contribution in [2.45, 2.75) is 25.8 Å². The fraction of sp³-hybridized carbons (Fsp3) is 0.385. The molecule has 2 nitrogen and oxygen atoms in total. The summed E-state index contributed by atoms with van der Waals surface area (Å²) in [7, 11) is 2.03. The highest BCUT2D eigenvalue weighted by atomic mass is 14.9. The van der Waals surface area contributed by atoms with Gasteiger partial charge in [0.1, 0.15) is 0 Å². The number of aromatic amines is 1. The van der Waals surface area contributed by atoms with Crippen LogP contribution in [0.5, 0.6) is 0 Å². The van der Waals surface area contributed by atoms with E-state index in [1.165, 1.54) is 16.5 Å². The van der Waals surface area contributed by atoms with Gasteiger partial charge in [-0.2, -0.15) is 0 Å². The molecule has 2 rings (SSSR count). The molecule has 2 N–H and O–H groups in total. The van der Waals surface area contributed by atoms with Gasteiger partial charge in [-0.3, -0.25) is 0 Å². The molecule has 1 atom stereocenters. The van der Waals surface area contributed by atoms with Crippen LogP contribution in [0.4, 0.5) is 0 Å². The Morgan fingerprint density at radius 3 is 2.87 bits per heavy atom. The minimum absolute atomic E-state index is 0.573. The van der Waals surface area contributed by atoms with Crippen LogP contribution >= 0.6 is 0 Å². The fourth-order valence-corrected chi connectivity index (χ4v) is 2.02. The average molecular weight is 202 g/mol. The SMILES string of the molecule is CCC(Cc1c[nH]c2ccccc12)NC. The summed E-state index contributed by atoms with van der Waals surface area (Å²) in [5.41, 5.74) is 2.64. The predicted molar refractivity (Wildman–Crippen MR) is 65.1 cm³/mol. The Labute approximate surface area is 90.7 Å². The summed E-state index contributed by atoms with van der Waals surface area (Å²) in [6.45, 7) is 2.22. The fourth-order valence-electron chi connectivity index (χ4n) is 2.02. The number of nitrogens with one attached hydrogen (secondary N) is 2. The molecule has 1 heterocycles. The van der Waals surface area contributed by atoms with E-state index in [-0.39, 0.29) is 0 Å². The number of H-pyrrole nitrogens is 1. The monoisotopic (exact) mass is 202 g/mol. The van der Waals surface area contributed by atoms with Crippen LogP contribution in [0, 0.1) is 0 Å². The number of fused-ring (bicyclic) bond motifs is 1. The van der Waals surface area contributed by atoms with E-state index in [1.54, 1.807) is 0 Å². The molecule has 1 aromatic carbocycles. The van der Waals surface area contributed by atoms with Crippen molar-refractivity contribution in [2.75, 3.05) is 7.05 Å². The van der Waals surface area contributed by atoms with Crippen molar-refractivity contribution in [3.63, 3.8) is 0 Å². The normalized spacial score (nSPS) is 13.2. The van der Waals surface area contributed by atoms with Crippen molar-refractivity contribution in [3.8, 4) is 0 Å². The third kappa shape index (κ3) is 2.05. The maximum Gasteiger partial charge on any atom is 0.0456 e. The van der Waals surface area contributed by atoms with Gasteiger partial charge in [0, 0.05) is 23.1 Å². The smallest absolute Gasteiger partial charge is 0.0456 e. The van der Waals surface area contributed by atoms with E-state index < -0.39 is 0 Å². The van der Waals surface area contributed by atoms with Gasteiger partial charge in [0.25, 0.3) is 0 Å². The zero-order valence-corrected chi connectivity index (χ0v) is 9.38. The molecule has 0 aliphatic rings. The molecule has 15 heavy (non-hydrogen) atoms. The Morgan fingerprint density at radius 2 is 2.13 bits per heavy atom. The van der Waals surface area contributed by atoms with E-state index in [0.29, 0.717) is 6.04 Å². The summed E-state index contributed by atoms with van der Waals surface area (Å²) in [5, 5.41) is 4.69. The second-order valence-corrected chi connectivity index (χ2v) is 3.96. The molecular weight excluding hydrogens is 184 g/mol. The molecule has 80 valence electrons. The van der Waals surface area contributed by atoms with Crippen LogP contribution in [0.1, 0.15) is 18.9 Å². The molecular formula is C13H18N2. The van der Waals surface area contributed by atoms with Crippen LogP contribution in [-0.2, 0) is 6.42 Å². The lowest BCUT2D eigenvalue weighted by atomic mass is 10.0. The lowest BCUT2D eigenvalue weighted by molar-refractivity contribution is 0.545. The van der Waals surface area contributed by atoms with Crippen molar-refractivity contribution in [1.82, 2.24) is 10.3 Å². The van der Waals surface area contributed by atoms with Gasteiger partial charge in [0.05, 0.1) is 0 Å². The summed E-state index contributed by atoms with van der Waals surface area (Å²) >= 11 is 0. The average Bonchev–Trinajstić information content (AvgIpc) is 2.69. The number of hydrogen-bond acceptors (Lipinski definition) is 1. The Bertz CT molecular complexity index is 427. The summed E-state index contributed by atoms with van der Waals surface area (Å²) in [5.74, 6) is 0. The number of aromatic nitrogens is 1. The molecule has 0 aliphatic carbocycles. The van der Waals surface area contributed by atoms with Crippen molar-refractivity contribution < 1.29 is 0 Å². The molecule has 0 saturated carbocycles. The topological polar surface area (TPSA) is 27.8 Å². The molecule has 0 bridgehead atoms. The van der Waals surface area contributed by atoms with Crippen molar-refractivity contribution in [2.24, 2.45) is 0 Å². The van der Waals surface area contributed by atoms with E-state index in [0.717, 1.165) is 12.8 Å². The van der Waals surface area contributed by atoms with Gasteiger partial charge in [-0.25, -0.2) is 0 Å². The molecule has 0 aliphatic heterocycles. The van der Waals surface area contributed by atoms with Crippen LogP contribution in [0.25, 0.3) is 10.9 Å². The quantitative estimate of drug-likeness (QED) is 0.784. The lowest BCUT2D eigenvalue weighted by Gasteiger charge is -2.12. The van der Waals surface area contributed by atoms with Crippen LogP contribution < -0.4 is 5.32 Å². The predicted octanol–water partition coefficient (Wildman–Crippen LogP) is 2.71. The Hall–Kier alpha value is -1.28. The van der Waals surface area contributed by atoms with Gasteiger partial charge < -0.3 is 10.3 Å². The van der Waals surface area contributed by atoms with E-state index in [2.05, 4.69) is 47.7 Å². The first-order chi connectivity index (χ1) is 7.35. The highest BCUT2D eigenvalue weighted by Gasteiger charge is 2.08.